The Labute approximate surface area is 196 Å². The fourth-order valence-corrected chi connectivity index (χ4v) is 4.23. The molecule has 3 aromatic carbocycles. The molecule has 1 heterocycles. The number of methoxy groups -OCH3 is 1. The number of benzene rings is 3. The van der Waals surface area contributed by atoms with Crippen molar-refractivity contribution >= 4 is 23.4 Å². The van der Waals surface area contributed by atoms with E-state index in [9.17, 15) is 9.90 Å². The minimum atomic E-state index is -0.459. The molecule has 0 spiro atoms. The van der Waals surface area contributed by atoms with Gasteiger partial charge in [-0.05, 0) is 49.7 Å². The predicted octanol–water partition coefficient (Wildman–Crippen LogP) is 5.08. The van der Waals surface area contributed by atoms with E-state index in [1.807, 2.05) is 68.4 Å². The summed E-state index contributed by atoms with van der Waals surface area (Å²) in [6.45, 7) is 3.77. The highest BCUT2D eigenvalue weighted by Crippen LogP contribution is 2.36. The van der Waals surface area contributed by atoms with E-state index in [1.165, 1.54) is 11.8 Å². The van der Waals surface area contributed by atoms with E-state index in [0.29, 0.717) is 28.0 Å². The van der Waals surface area contributed by atoms with Gasteiger partial charge in [0.15, 0.2) is 11.0 Å². The summed E-state index contributed by atoms with van der Waals surface area (Å²) in [6.07, 6.45) is 0. The number of aromatic nitrogens is 3. The number of anilines is 1. The van der Waals surface area contributed by atoms with Gasteiger partial charge in [-0.2, -0.15) is 0 Å². The molecular weight excluding hydrogens is 436 g/mol. The number of para-hydroxylation sites is 4. The molecule has 0 saturated carbocycles. The van der Waals surface area contributed by atoms with Crippen molar-refractivity contribution in [2.45, 2.75) is 24.3 Å². The average molecular weight is 461 g/mol. The number of aromatic hydroxyl groups is 1. The van der Waals surface area contributed by atoms with Crippen molar-refractivity contribution in [2.75, 3.05) is 12.4 Å². The van der Waals surface area contributed by atoms with Crippen LogP contribution in [0, 0.1) is 6.92 Å². The summed E-state index contributed by atoms with van der Waals surface area (Å²) in [6, 6.07) is 22.1. The van der Waals surface area contributed by atoms with Crippen LogP contribution in [0.4, 0.5) is 5.69 Å². The second-order valence-electron chi connectivity index (χ2n) is 7.39. The van der Waals surface area contributed by atoms with Crippen LogP contribution in [-0.2, 0) is 4.79 Å². The zero-order valence-corrected chi connectivity index (χ0v) is 19.3. The van der Waals surface area contributed by atoms with Crippen molar-refractivity contribution in [3.8, 4) is 28.6 Å². The number of nitrogens with zero attached hydrogens (tertiary/aromatic N) is 3. The highest BCUT2D eigenvalue weighted by Gasteiger charge is 2.24. The van der Waals surface area contributed by atoms with Crippen LogP contribution in [0.3, 0.4) is 0 Å². The maximum Gasteiger partial charge on any atom is 0.237 e. The fraction of sp³-hybridized carbons (Fsp3) is 0.160. The monoisotopic (exact) mass is 460 g/mol. The Balaban J connectivity index is 1.72. The zero-order valence-electron chi connectivity index (χ0n) is 18.5. The molecule has 0 bridgehead atoms. The first kappa shape index (κ1) is 22.4. The topological polar surface area (TPSA) is 89.3 Å². The van der Waals surface area contributed by atoms with Crippen molar-refractivity contribution in [2.24, 2.45) is 0 Å². The van der Waals surface area contributed by atoms with E-state index >= 15 is 0 Å². The van der Waals surface area contributed by atoms with E-state index in [-0.39, 0.29) is 11.7 Å². The highest BCUT2D eigenvalue weighted by molar-refractivity contribution is 8.00. The Morgan fingerprint density at radius 1 is 1.03 bits per heavy atom. The third-order valence-corrected chi connectivity index (χ3v) is 6.20. The lowest BCUT2D eigenvalue weighted by Gasteiger charge is -2.16. The van der Waals surface area contributed by atoms with Crippen molar-refractivity contribution in [3.05, 3.63) is 78.4 Å². The number of rotatable bonds is 7. The van der Waals surface area contributed by atoms with Gasteiger partial charge >= 0.3 is 0 Å². The number of hydrogen-bond donors (Lipinski definition) is 2. The molecule has 0 aliphatic heterocycles. The lowest BCUT2D eigenvalue weighted by Crippen LogP contribution is -2.23. The molecule has 8 heteroatoms. The van der Waals surface area contributed by atoms with Gasteiger partial charge in [-0.15, -0.1) is 10.2 Å². The Kier molecular flexibility index (Phi) is 6.65. The lowest BCUT2D eigenvalue weighted by molar-refractivity contribution is -0.115. The third-order valence-electron chi connectivity index (χ3n) is 5.16. The number of hydrogen-bond acceptors (Lipinski definition) is 6. The number of carbonyl (C=O) groups excluding carboxylic acids is 1. The number of carbonyl (C=O) groups is 1. The molecule has 0 radical (unpaired) electrons. The van der Waals surface area contributed by atoms with E-state index in [2.05, 4.69) is 15.5 Å². The summed E-state index contributed by atoms with van der Waals surface area (Å²) in [5.74, 6) is 1.01. The Morgan fingerprint density at radius 2 is 1.73 bits per heavy atom. The van der Waals surface area contributed by atoms with Crippen molar-refractivity contribution in [3.63, 3.8) is 0 Å². The maximum absolute atomic E-state index is 12.9. The summed E-state index contributed by atoms with van der Waals surface area (Å²) in [7, 11) is 1.59. The first-order valence-corrected chi connectivity index (χ1v) is 11.3. The van der Waals surface area contributed by atoms with Crippen LogP contribution >= 0.6 is 11.8 Å². The van der Waals surface area contributed by atoms with Crippen LogP contribution < -0.4 is 10.1 Å². The van der Waals surface area contributed by atoms with Crippen LogP contribution in [0.25, 0.3) is 17.1 Å². The molecule has 0 unspecified atom stereocenters. The molecule has 2 N–H and O–H groups in total. The van der Waals surface area contributed by atoms with Crippen LogP contribution in [0.2, 0.25) is 0 Å². The number of nitrogens with one attached hydrogen (secondary N) is 1. The fourth-order valence-electron chi connectivity index (χ4n) is 3.37. The Morgan fingerprint density at radius 3 is 2.48 bits per heavy atom. The zero-order chi connectivity index (χ0) is 23.4. The normalized spacial score (nSPS) is 11.7. The van der Waals surface area contributed by atoms with Gasteiger partial charge in [0, 0.05) is 5.69 Å². The van der Waals surface area contributed by atoms with Gasteiger partial charge in [0.1, 0.15) is 11.5 Å². The van der Waals surface area contributed by atoms with Crippen molar-refractivity contribution < 1.29 is 14.6 Å². The van der Waals surface area contributed by atoms with Gasteiger partial charge in [-0.3, -0.25) is 9.36 Å². The van der Waals surface area contributed by atoms with Crippen LogP contribution in [0.15, 0.2) is 78.0 Å². The van der Waals surface area contributed by atoms with Crippen LogP contribution in [0.1, 0.15) is 12.5 Å². The van der Waals surface area contributed by atoms with Crippen molar-refractivity contribution in [1.29, 1.82) is 0 Å². The highest BCUT2D eigenvalue weighted by atomic mass is 32.2. The maximum atomic E-state index is 12.9. The molecule has 168 valence electrons. The van der Waals surface area contributed by atoms with Gasteiger partial charge in [0.25, 0.3) is 0 Å². The van der Waals surface area contributed by atoms with Gasteiger partial charge in [0.05, 0.1) is 23.6 Å². The van der Waals surface area contributed by atoms with Crippen molar-refractivity contribution in [1.82, 2.24) is 14.8 Å². The third kappa shape index (κ3) is 4.70. The first-order valence-electron chi connectivity index (χ1n) is 10.4. The minimum Gasteiger partial charge on any atom is -0.507 e. The number of ether oxygens (including phenoxy) is 1. The van der Waals surface area contributed by atoms with Gasteiger partial charge < -0.3 is 15.2 Å². The SMILES string of the molecule is COc1ccccc1-n1c(S[C@@H](C)C(=O)Nc2ccccc2C)nnc1-c1ccccc1O. The molecule has 1 amide bonds. The summed E-state index contributed by atoms with van der Waals surface area (Å²) in [5, 5.41) is 22.2. The summed E-state index contributed by atoms with van der Waals surface area (Å²) in [5.41, 5.74) is 3.00. The number of aryl methyl sites for hydroxylation is 1. The van der Waals surface area contributed by atoms with Gasteiger partial charge in [-0.1, -0.05) is 54.2 Å². The first-order chi connectivity index (χ1) is 16.0. The molecule has 4 aromatic rings. The van der Waals surface area contributed by atoms with Crippen LogP contribution in [0.5, 0.6) is 11.5 Å². The molecule has 0 aliphatic rings. The van der Waals surface area contributed by atoms with E-state index < -0.39 is 5.25 Å². The molecule has 33 heavy (non-hydrogen) atoms. The Hall–Kier alpha value is -3.78. The number of amides is 1. The summed E-state index contributed by atoms with van der Waals surface area (Å²) in [4.78, 5) is 12.9. The second kappa shape index (κ2) is 9.79. The molecule has 1 atom stereocenters. The molecule has 0 saturated heterocycles. The van der Waals surface area contributed by atoms with E-state index in [4.69, 9.17) is 4.74 Å². The van der Waals surface area contributed by atoms with Gasteiger partial charge in [-0.25, -0.2) is 0 Å². The quantitative estimate of drug-likeness (QED) is 0.374. The summed E-state index contributed by atoms with van der Waals surface area (Å²) >= 11 is 1.28. The molecule has 1 aromatic heterocycles. The largest absolute Gasteiger partial charge is 0.507 e. The number of thioether (sulfide) groups is 1. The van der Waals surface area contributed by atoms with Gasteiger partial charge in [0.2, 0.25) is 5.91 Å². The molecule has 7 nitrogen and oxygen atoms in total. The molecule has 4 rings (SSSR count). The molecular formula is C25H24N4O3S. The molecule has 0 fully saturated rings. The predicted molar refractivity (Wildman–Crippen MR) is 130 cm³/mol. The average Bonchev–Trinajstić information content (AvgIpc) is 3.23. The second-order valence-corrected chi connectivity index (χ2v) is 8.70. The van der Waals surface area contributed by atoms with E-state index in [0.717, 1.165) is 11.3 Å². The van der Waals surface area contributed by atoms with E-state index in [1.54, 1.807) is 29.9 Å². The lowest BCUT2D eigenvalue weighted by atomic mass is 10.2. The number of phenolic OH excluding ortho intramolecular Hbond substituents is 1. The van der Waals surface area contributed by atoms with Crippen LogP contribution in [-0.4, -0.2) is 38.1 Å². The number of phenols is 1. The Bertz CT molecular complexity index is 1290. The standard InChI is InChI=1S/C25H24N4O3S/c1-16-10-4-6-12-19(16)26-24(31)17(2)33-25-28-27-23(18-11-5-8-14-21(18)30)29(25)20-13-7-9-15-22(20)32-3/h4-15,17,30H,1-3H3,(H,26,31)/t17-/m0/s1. The smallest absolute Gasteiger partial charge is 0.237 e. The minimum absolute atomic E-state index is 0.0861. The summed E-state index contributed by atoms with van der Waals surface area (Å²) < 4.78 is 7.36. The molecule has 0 aliphatic carbocycles.